The van der Waals surface area contributed by atoms with Crippen molar-refractivity contribution in [3.63, 3.8) is 0 Å². The van der Waals surface area contributed by atoms with E-state index in [-0.39, 0.29) is 18.1 Å². The first-order valence-electron chi connectivity index (χ1n) is 8.85. The molecule has 0 aliphatic carbocycles. The molecule has 0 atom stereocenters. The van der Waals surface area contributed by atoms with E-state index in [0.29, 0.717) is 18.5 Å². The molecule has 1 amide bonds. The van der Waals surface area contributed by atoms with E-state index >= 15 is 0 Å². The molecule has 4 rings (SSSR count). The number of hydrogen-bond acceptors (Lipinski definition) is 3. The van der Waals surface area contributed by atoms with E-state index in [1.807, 2.05) is 36.6 Å². The Hall–Kier alpha value is -3.22. The van der Waals surface area contributed by atoms with Crippen LogP contribution in [0.5, 0.6) is 0 Å². The van der Waals surface area contributed by atoms with Gasteiger partial charge < -0.3 is 14.7 Å². The Labute approximate surface area is 155 Å². The number of rotatable bonds is 5. The van der Waals surface area contributed by atoms with Gasteiger partial charge in [0.05, 0.1) is 28.8 Å². The van der Waals surface area contributed by atoms with Crippen molar-refractivity contribution in [2.45, 2.75) is 26.7 Å². The van der Waals surface area contributed by atoms with Crippen molar-refractivity contribution < 1.29 is 9.18 Å². The molecule has 27 heavy (non-hydrogen) atoms. The normalized spacial score (nSPS) is 11.4. The Bertz CT molecular complexity index is 1140. The summed E-state index contributed by atoms with van der Waals surface area (Å²) in [6.07, 6.45) is 2.74. The summed E-state index contributed by atoms with van der Waals surface area (Å²) in [6, 6.07) is 8.40. The third-order valence-electron chi connectivity index (χ3n) is 4.65. The molecule has 6 nitrogen and oxygen atoms in total. The average molecular weight is 365 g/mol. The number of carbonyl (C=O) groups excluding carboxylic acids is 1. The number of fused-ring (bicyclic) bond motifs is 2. The van der Waals surface area contributed by atoms with E-state index < -0.39 is 0 Å². The molecule has 2 N–H and O–H groups in total. The SMILES string of the molecule is Cc1nc2c(C)cccn2c1CC(=O)NCCc1nc2ccc(F)cc2[nH]1. The molecule has 0 aliphatic rings. The Morgan fingerprint density at radius 1 is 1.26 bits per heavy atom. The van der Waals surface area contributed by atoms with Crippen LogP contribution in [-0.4, -0.2) is 31.8 Å². The van der Waals surface area contributed by atoms with E-state index in [9.17, 15) is 9.18 Å². The van der Waals surface area contributed by atoms with Gasteiger partial charge in [0.25, 0.3) is 0 Å². The monoisotopic (exact) mass is 365 g/mol. The van der Waals surface area contributed by atoms with Crippen LogP contribution in [0, 0.1) is 19.7 Å². The van der Waals surface area contributed by atoms with Gasteiger partial charge in [0, 0.05) is 19.2 Å². The molecule has 7 heteroatoms. The lowest BCUT2D eigenvalue weighted by Gasteiger charge is -2.06. The number of carbonyl (C=O) groups is 1. The van der Waals surface area contributed by atoms with Crippen LogP contribution in [-0.2, 0) is 17.6 Å². The van der Waals surface area contributed by atoms with Crippen molar-refractivity contribution in [3.05, 3.63) is 65.1 Å². The van der Waals surface area contributed by atoms with Crippen LogP contribution in [0.3, 0.4) is 0 Å². The smallest absolute Gasteiger partial charge is 0.226 e. The van der Waals surface area contributed by atoms with Gasteiger partial charge in [-0.15, -0.1) is 0 Å². The Morgan fingerprint density at radius 2 is 2.11 bits per heavy atom. The van der Waals surface area contributed by atoms with Gasteiger partial charge in [-0.25, -0.2) is 14.4 Å². The van der Waals surface area contributed by atoms with Gasteiger partial charge in [-0.3, -0.25) is 4.79 Å². The number of pyridine rings is 1. The van der Waals surface area contributed by atoms with E-state index in [0.717, 1.165) is 33.9 Å². The van der Waals surface area contributed by atoms with E-state index in [1.54, 1.807) is 6.07 Å². The number of amides is 1. The molecule has 0 radical (unpaired) electrons. The van der Waals surface area contributed by atoms with E-state index in [2.05, 4.69) is 20.3 Å². The number of aryl methyl sites for hydroxylation is 2. The molecular weight excluding hydrogens is 345 g/mol. The highest BCUT2D eigenvalue weighted by Gasteiger charge is 2.14. The number of halogens is 1. The van der Waals surface area contributed by atoms with Crippen LogP contribution in [0.2, 0.25) is 0 Å². The van der Waals surface area contributed by atoms with Crippen LogP contribution >= 0.6 is 0 Å². The third kappa shape index (κ3) is 3.40. The highest BCUT2D eigenvalue weighted by Crippen LogP contribution is 2.16. The molecule has 0 unspecified atom stereocenters. The van der Waals surface area contributed by atoms with Gasteiger partial charge in [0.2, 0.25) is 5.91 Å². The number of imidazole rings is 2. The third-order valence-corrected chi connectivity index (χ3v) is 4.65. The fraction of sp³-hybridized carbons (Fsp3) is 0.250. The molecule has 0 aliphatic heterocycles. The van der Waals surface area contributed by atoms with E-state index in [4.69, 9.17) is 0 Å². The maximum atomic E-state index is 13.2. The lowest BCUT2D eigenvalue weighted by Crippen LogP contribution is -2.28. The minimum Gasteiger partial charge on any atom is -0.355 e. The molecule has 0 saturated heterocycles. The molecule has 1 aromatic carbocycles. The first-order valence-corrected chi connectivity index (χ1v) is 8.85. The van der Waals surface area contributed by atoms with Crippen molar-refractivity contribution in [1.82, 2.24) is 24.7 Å². The van der Waals surface area contributed by atoms with Gasteiger partial charge in [0.1, 0.15) is 17.3 Å². The van der Waals surface area contributed by atoms with Crippen molar-refractivity contribution >= 4 is 22.6 Å². The Kier molecular flexibility index (Phi) is 4.35. The van der Waals surface area contributed by atoms with Crippen LogP contribution in [0.1, 0.15) is 22.8 Å². The van der Waals surface area contributed by atoms with Gasteiger partial charge >= 0.3 is 0 Å². The molecule has 0 bridgehead atoms. The first kappa shape index (κ1) is 17.2. The van der Waals surface area contributed by atoms with Crippen LogP contribution < -0.4 is 5.32 Å². The maximum absolute atomic E-state index is 13.2. The zero-order chi connectivity index (χ0) is 19.0. The fourth-order valence-electron chi connectivity index (χ4n) is 3.27. The molecule has 0 fully saturated rings. The highest BCUT2D eigenvalue weighted by atomic mass is 19.1. The number of H-pyrrole nitrogens is 1. The fourth-order valence-corrected chi connectivity index (χ4v) is 3.27. The van der Waals surface area contributed by atoms with Gasteiger partial charge in [-0.1, -0.05) is 6.07 Å². The summed E-state index contributed by atoms with van der Waals surface area (Å²) in [4.78, 5) is 24.4. The summed E-state index contributed by atoms with van der Waals surface area (Å²) in [5.74, 6) is 0.353. The topological polar surface area (TPSA) is 75.1 Å². The van der Waals surface area contributed by atoms with Crippen LogP contribution in [0.25, 0.3) is 16.7 Å². The Balaban J connectivity index is 1.40. The molecule has 4 aromatic rings. The number of hydrogen-bond donors (Lipinski definition) is 2. The first-order chi connectivity index (χ1) is 13.0. The number of nitrogens with zero attached hydrogens (tertiary/aromatic N) is 3. The summed E-state index contributed by atoms with van der Waals surface area (Å²) in [5, 5.41) is 2.92. The van der Waals surface area contributed by atoms with Crippen molar-refractivity contribution in [3.8, 4) is 0 Å². The van der Waals surface area contributed by atoms with Crippen molar-refractivity contribution in [2.75, 3.05) is 6.54 Å². The number of nitrogens with one attached hydrogen (secondary N) is 2. The number of benzene rings is 1. The lowest BCUT2D eigenvalue weighted by atomic mass is 10.2. The molecule has 0 saturated carbocycles. The summed E-state index contributed by atoms with van der Waals surface area (Å²) in [5.41, 5.74) is 5.09. The Morgan fingerprint density at radius 3 is 2.96 bits per heavy atom. The standard InChI is InChI=1S/C20H20FN5O/c1-12-4-3-9-26-17(13(2)23-20(12)26)11-19(27)22-8-7-18-24-15-6-5-14(21)10-16(15)25-18/h3-6,9-10H,7-8,11H2,1-2H3,(H,22,27)(H,24,25). The summed E-state index contributed by atoms with van der Waals surface area (Å²) >= 11 is 0. The van der Waals surface area contributed by atoms with Gasteiger partial charge in [-0.05, 0) is 43.7 Å². The highest BCUT2D eigenvalue weighted by molar-refractivity contribution is 5.79. The quantitative estimate of drug-likeness (QED) is 0.571. The molecule has 3 aromatic heterocycles. The van der Waals surface area contributed by atoms with Gasteiger partial charge in [0.15, 0.2) is 0 Å². The second-order valence-corrected chi connectivity index (χ2v) is 6.65. The predicted octanol–water partition coefficient (Wildman–Crippen LogP) is 2.87. The summed E-state index contributed by atoms with van der Waals surface area (Å²) in [7, 11) is 0. The van der Waals surface area contributed by atoms with E-state index in [1.165, 1.54) is 12.1 Å². The van der Waals surface area contributed by atoms with Gasteiger partial charge in [-0.2, -0.15) is 0 Å². The number of aromatic nitrogens is 4. The predicted molar refractivity (Wildman–Crippen MR) is 101 cm³/mol. The average Bonchev–Trinajstić information content (AvgIpc) is 3.17. The second-order valence-electron chi connectivity index (χ2n) is 6.65. The molecular formula is C20H20FN5O. The number of aromatic amines is 1. The lowest BCUT2D eigenvalue weighted by molar-refractivity contribution is -0.120. The van der Waals surface area contributed by atoms with Crippen molar-refractivity contribution in [2.24, 2.45) is 0 Å². The molecule has 3 heterocycles. The maximum Gasteiger partial charge on any atom is 0.226 e. The van der Waals surface area contributed by atoms with Crippen molar-refractivity contribution in [1.29, 1.82) is 0 Å². The largest absolute Gasteiger partial charge is 0.355 e. The van der Waals surface area contributed by atoms with Crippen LogP contribution in [0.15, 0.2) is 36.5 Å². The zero-order valence-electron chi connectivity index (χ0n) is 15.2. The molecule has 0 spiro atoms. The summed E-state index contributed by atoms with van der Waals surface area (Å²) in [6.45, 7) is 4.38. The minimum atomic E-state index is -0.301. The van der Waals surface area contributed by atoms with Crippen LogP contribution in [0.4, 0.5) is 4.39 Å². The molecule has 138 valence electrons. The minimum absolute atomic E-state index is 0.0661. The summed E-state index contributed by atoms with van der Waals surface area (Å²) < 4.78 is 15.2. The zero-order valence-corrected chi connectivity index (χ0v) is 15.2. The second kappa shape index (κ2) is 6.83.